The van der Waals surface area contributed by atoms with Gasteiger partial charge in [-0.25, -0.2) is 0 Å². The number of ether oxygens (including phenoxy) is 1. The first-order valence-electron chi connectivity index (χ1n) is 6.74. The van der Waals surface area contributed by atoms with E-state index in [1.165, 1.54) is 18.4 Å². The van der Waals surface area contributed by atoms with Gasteiger partial charge in [0.1, 0.15) is 0 Å². The Morgan fingerprint density at radius 1 is 1.25 bits per heavy atom. The molecule has 94 valence electrons. The van der Waals surface area contributed by atoms with Gasteiger partial charge in [-0.1, -0.05) is 33.8 Å². The molecule has 0 radical (unpaired) electrons. The lowest BCUT2D eigenvalue weighted by Gasteiger charge is -2.15. The van der Waals surface area contributed by atoms with Gasteiger partial charge in [0, 0.05) is 0 Å². The zero-order valence-corrected chi connectivity index (χ0v) is 11.8. The SMILES string of the molecule is C/C(=C\C(C)C)C(C)OC1CC1CC(C)C. The fourth-order valence-corrected chi connectivity index (χ4v) is 2.27. The Labute approximate surface area is 101 Å². The van der Waals surface area contributed by atoms with E-state index in [1.54, 1.807) is 0 Å². The van der Waals surface area contributed by atoms with Crippen molar-refractivity contribution in [1.82, 2.24) is 0 Å². The van der Waals surface area contributed by atoms with E-state index in [0.29, 0.717) is 18.1 Å². The number of rotatable bonds is 6. The highest BCUT2D eigenvalue weighted by molar-refractivity contribution is 5.06. The minimum atomic E-state index is 0.296. The molecule has 1 fully saturated rings. The van der Waals surface area contributed by atoms with E-state index in [1.807, 2.05) is 0 Å². The standard InChI is InChI=1S/C15H28O/c1-10(2)7-12(5)13(6)16-15-9-14(15)8-11(3)4/h7,10-11,13-15H,8-9H2,1-6H3/b12-7+. The Balaban J connectivity index is 2.29. The third-order valence-electron chi connectivity index (χ3n) is 3.25. The van der Waals surface area contributed by atoms with Gasteiger partial charge in [0.2, 0.25) is 0 Å². The van der Waals surface area contributed by atoms with E-state index in [9.17, 15) is 0 Å². The predicted octanol–water partition coefficient (Wildman–Crippen LogP) is 4.43. The molecule has 0 N–H and O–H groups in total. The Bertz CT molecular complexity index is 240. The summed E-state index contributed by atoms with van der Waals surface area (Å²) >= 11 is 0. The van der Waals surface area contributed by atoms with Gasteiger partial charge in [-0.15, -0.1) is 0 Å². The van der Waals surface area contributed by atoms with Crippen molar-refractivity contribution < 1.29 is 4.74 Å². The fourth-order valence-electron chi connectivity index (χ4n) is 2.27. The van der Waals surface area contributed by atoms with Gasteiger partial charge in [0.05, 0.1) is 12.2 Å². The van der Waals surface area contributed by atoms with Gasteiger partial charge in [0.15, 0.2) is 0 Å². The average molecular weight is 224 g/mol. The van der Waals surface area contributed by atoms with Crippen LogP contribution in [-0.4, -0.2) is 12.2 Å². The van der Waals surface area contributed by atoms with Gasteiger partial charge >= 0.3 is 0 Å². The molecule has 0 aromatic carbocycles. The van der Waals surface area contributed by atoms with Gasteiger partial charge < -0.3 is 4.74 Å². The molecule has 1 heteroatoms. The van der Waals surface area contributed by atoms with E-state index >= 15 is 0 Å². The highest BCUT2D eigenvalue weighted by Gasteiger charge is 2.39. The molecule has 0 spiro atoms. The highest BCUT2D eigenvalue weighted by Crippen LogP contribution is 2.40. The van der Waals surface area contributed by atoms with Crippen LogP contribution in [0.25, 0.3) is 0 Å². The van der Waals surface area contributed by atoms with Crippen LogP contribution in [0.4, 0.5) is 0 Å². The summed E-state index contributed by atoms with van der Waals surface area (Å²) in [5.74, 6) is 2.26. The van der Waals surface area contributed by atoms with Crippen LogP contribution in [0.2, 0.25) is 0 Å². The molecule has 3 unspecified atom stereocenters. The zero-order valence-electron chi connectivity index (χ0n) is 11.8. The quantitative estimate of drug-likeness (QED) is 0.606. The summed E-state index contributed by atoms with van der Waals surface area (Å²) in [5, 5.41) is 0. The maximum atomic E-state index is 6.07. The first-order chi connectivity index (χ1) is 7.40. The number of hydrogen-bond donors (Lipinski definition) is 0. The molecule has 0 amide bonds. The van der Waals surface area contributed by atoms with Crippen LogP contribution in [-0.2, 0) is 4.74 Å². The molecule has 1 rings (SSSR count). The molecule has 0 heterocycles. The second-order valence-corrected chi connectivity index (χ2v) is 6.10. The lowest BCUT2D eigenvalue weighted by atomic mass is 10.1. The third kappa shape index (κ3) is 4.69. The van der Waals surface area contributed by atoms with Crippen LogP contribution in [0.5, 0.6) is 0 Å². The molecule has 1 aliphatic rings. The maximum absolute atomic E-state index is 6.07. The van der Waals surface area contributed by atoms with Crippen molar-refractivity contribution in [3.05, 3.63) is 11.6 Å². The monoisotopic (exact) mass is 224 g/mol. The van der Waals surface area contributed by atoms with Crippen molar-refractivity contribution in [1.29, 1.82) is 0 Å². The Morgan fingerprint density at radius 2 is 1.88 bits per heavy atom. The van der Waals surface area contributed by atoms with E-state index in [-0.39, 0.29) is 0 Å². The van der Waals surface area contributed by atoms with Crippen LogP contribution in [0.15, 0.2) is 11.6 Å². The van der Waals surface area contributed by atoms with Crippen LogP contribution in [0.3, 0.4) is 0 Å². The second-order valence-electron chi connectivity index (χ2n) is 6.10. The Kier molecular flexibility index (Phi) is 5.04. The molecular weight excluding hydrogens is 196 g/mol. The zero-order chi connectivity index (χ0) is 12.3. The second kappa shape index (κ2) is 5.86. The summed E-state index contributed by atoms with van der Waals surface area (Å²) < 4.78 is 6.07. The lowest BCUT2D eigenvalue weighted by molar-refractivity contribution is 0.0642. The van der Waals surface area contributed by atoms with Crippen molar-refractivity contribution in [2.45, 2.75) is 66.6 Å². The van der Waals surface area contributed by atoms with Crippen molar-refractivity contribution >= 4 is 0 Å². The minimum absolute atomic E-state index is 0.296. The van der Waals surface area contributed by atoms with E-state index < -0.39 is 0 Å². The average Bonchev–Trinajstić information content (AvgIpc) is 2.80. The molecular formula is C15H28O. The minimum Gasteiger partial charge on any atom is -0.371 e. The summed E-state index contributed by atoms with van der Waals surface area (Å²) in [7, 11) is 0. The topological polar surface area (TPSA) is 9.23 Å². The largest absolute Gasteiger partial charge is 0.371 e. The number of allylic oxidation sites excluding steroid dienone is 1. The summed E-state index contributed by atoms with van der Waals surface area (Å²) in [6, 6.07) is 0. The van der Waals surface area contributed by atoms with Crippen LogP contribution < -0.4 is 0 Å². The summed E-state index contributed by atoms with van der Waals surface area (Å²) in [6.45, 7) is 13.4. The summed E-state index contributed by atoms with van der Waals surface area (Å²) in [6.07, 6.45) is 5.74. The molecule has 0 aliphatic heterocycles. The molecule has 0 saturated heterocycles. The van der Waals surface area contributed by atoms with Crippen molar-refractivity contribution in [2.24, 2.45) is 17.8 Å². The highest BCUT2D eigenvalue weighted by atomic mass is 16.5. The molecule has 1 aliphatic carbocycles. The molecule has 1 saturated carbocycles. The molecule has 0 aromatic heterocycles. The normalized spacial score (nSPS) is 27.6. The Morgan fingerprint density at radius 3 is 2.38 bits per heavy atom. The van der Waals surface area contributed by atoms with E-state index in [4.69, 9.17) is 4.74 Å². The fraction of sp³-hybridized carbons (Fsp3) is 0.867. The van der Waals surface area contributed by atoms with Crippen molar-refractivity contribution in [2.75, 3.05) is 0 Å². The molecule has 3 atom stereocenters. The molecule has 1 nitrogen and oxygen atoms in total. The first kappa shape index (κ1) is 13.8. The number of hydrogen-bond acceptors (Lipinski definition) is 1. The Hall–Kier alpha value is -0.300. The van der Waals surface area contributed by atoms with E-state index in [2.05, 4.69) is 47.6 Å². The van der Waals surface area contributed by atoms with Gasteiger partial charge in [-0.2, -0.15) is 0 Å². The molecule has 16 heavy (non-hydrogen) atoms. The van der Waals surface area contributed by atoms with Crippen molar-refractivity contribution in [3.63, 3.8) is 0 Å². The van der Waals surface area contributed by atoms with Gasteiger partial charge in [-0.3, -0.25) is 0 Å². The van der Waals surface area contributed by atoms with Gasteiger partial charge in [0.25, 0.3) is 0 Å². The lowest BCUT2D eigenvalue weighted by Crippen LogP contribution is -2.13. The van der Waals surface area contributed by atoms with Gasteiger partial charge in [-0.05, 0) is 50.0 Å². The molecule has 0 bridgehead atoms. The predicted molar refractivity (Wildman–Crippen MR) is 70.5 cm³/mol. The van der Waals surface area contributed by atoms with Crippen LogP contribution >= 0.6 is 0 Å². The van der Waals surface area contributed by atoms with Crippen LogP contribution in [0.1, 0.15) is 54.4 Å². The van der Waals surface area contributed by atoms with Crippen LogP contribution in [0, 0.1) is 17.8 Å². The maximum Gasteiger partial charge on any atom is 0.0758 e. The summed E-state index contributed by atoms with van der Waals surface area (Å²) in [5.41, 5.74) is 1.38. The first-order valence-corrected chi connectivity index (χ1v) is 6.74. The van der Waals surface area contributed by atoms with E-state index in [0.717, 1.165) is 11.8 Å². The molecule has 0 aromatic rings. The smallest absolute Gasteiger partial charge is 0.0758 e. The summed E-state index contributed by atoms with van der Waals surface area (Å²) in [4.78, 5) is 0. The third-order valence-corrected chi connectivity index (χ3v) is 3.25. The van der Waals surface area contributed by atoms with Crippen molar-refractivity contribution in [3.8, 4) is 0 Å².